The van der Waals surface area contributed by atoms with Crippen LogP contribution in [-0.4, -0.2) is 23.7 Å². The molecule has 1 atom stereocenters. The van der Waals surface area contributed by atoms with Crippen molar-refractivity contribution in [1.29, 1.82) is 0 Å². The first kappa shape index (κ1) is 37.6. The largest absolute Gasteiger partial charge is 0.135 e. The van der Waals surface area contributed by atoms with Gasteiger partial charge in [-0.15, -0.1) is 0 Å². The number of halogens is 16. The van der Waals surface area contributed by atoms with E-state index in [-0.39, 0.29) is 0 Å². The second-order valence-electron chi connectivity index (χ2n) is 8.07. The van der Waals surface area contributed by atoms with Crippen LogP contribution in [-0.2, 0) is 7.56 Å². The molecule has 0 aliphatic heterocycles. The molecule has 1 unspecified atom stereocenters. The number of hydrogen-bond acceptors (Lipinski definition) is 0. The number of rotatable bonds is 5. The molecule has 2 aromatic carbocycles. The van der Waals surface area contributed by atoms with Crippen LogP contribution in [0.4, 0.5) is 0 Å². The summed E-state index contributed by atoms with van der Waals surface area (Å²) in [7, 11) is 0. The Morgan fingerprint density at radius 3 is 1.05 bits per heavy atom. The monoisotopic (exact) mass is 1520 g/mol. The fourth-order valence-electron chi connectivity index (χ4n) is 3.93. The van der Waals surface area contributed by atoms with Gasteiger partial charge in [0.25, 0.3) is 0 Å². The Morgan fingerprint density at radius 1 is 0.405 bits per heavy atom. The SMILES string of the molecule is BrC(Br)(c1ccccc1)C(Br)(c1ccccc1)C(Br)(Br)C1(Br)C(Br)(Br)C(Br)(Br)C(Br)(Br)C(Br)(Br)C1(Br)Br. The predicted molar refractivity (Wildman–Crippen MR) is 218 cm³/mol. The van der Waals surface area contributed by atoms with E-state index in [2.05, 4.69) is 279 Å². The summed E-state index contributed by atoms with van der Waals surface area (Å²) >= 11 is 65.1. The summed E-state index contributed by atoms with van der Waals surface area (Å²) in [5.41, 5.74) is 1.95. The van der Waals surface area contributed by atoms with Crippen LogP contribution < -0.4 is 0 Å². The molecule has 16 heteroatoms. The highest BCUT2D eigenvalue weighted by Crippen LogP contribution is 2.87. The van der Waals surface area contributed by atoms with Gasteiger partial charge in [0.05, 0.1) is 0 Å². The van der Waals surface area contributed by atoms with Crippen molar-refractivity contribution in [2.24, 2.45) is 0 Å². The van der Waals surface area contributed by atoms with Crippen molar-refractivity contribution in [3.8, 4) is 0 Å². The zero-order valence-electron chi connectivity index (χ0n) is 17.3. The minimum Gasteiger partial charge on any atom is -0.0776 e. The van der Waals surface area contributed by atoms with E-state index in [4.69, 9.17) is 0 Å². The van der Waals surface area contributed by atoms with Crippen molar-refractivity contribution in [3.63, 3.8) is 0 Å². The molecule has 37 heavy (non-hydrogen) atoms. The molecular formula is C21H10Br16. The first-order valence-electron chi connectivity index (χ1n) is 9.60. The van der Waals surface area contributed by atoms with Gasteiger partial charge in [-0.25, -0.2) is 0 Å². The summed E-state index contributed by atoms with van der Waals surface area (Å²) in [6.07, 6.45) is 0. The molecule has 1 saturated carbocycles. The Balaban J connectivity index is 2.52. The molecule has 0 radical (unpaired) electrons. The third kappa shape index (κ3) is 5.12. The van der Waals surface area contributed by atoms with Crippen molar-refractivity contribution in [1.82, 2.24) is 0 Å². The van der Waals surface area contributed by atoms with E-state index in [1.165, 1.54) is 0 Å². The molecule has 0 spiro atoms. The lowest BCUT2D eigenvalue weighted by molar-refractivity contribution is 0.343. The van der Waals surface area contributed by atoms with Crippen LogP contribution in [0, 0.1) is 0 Å². The van der Waals surface area contributed by atoms with Crippen LogP contribution in [0.15, 0.2) is 60.7 Å². The van der Waals surface area contributed by atoms with Crippen LogP contribution in [0.1, 0.15) is 11.1 Å². The lowest BCUT2D eigenvalue weighted by Gasteiger charge is -2.71. The summed E-state index contributed by atoms with van der Waals surface area (Å²) in [5.74, 6) is 0. The summed E-state index contributed by atoms with van der Waals surface area (Å²) in [4.78, 5) is 0. The third-order valence-corrected chi connectivity index (χ3v) is 39.7. The van der Waals surface area contributed by atoms with Crippen molar-refractivity contribution < 1.29 is 0 Å². The number of alkyl halides is 16. The maximum atomic E-state index is 4.27. The maximum Gasteiger partial charge on any atom is 0.135 e. The second kappa shape index (κ2) is 12.3. The molecule has 3 rings (SSSR count). The van der Waals surface area contributed by atoms with Gasteiger partial charge in [-0.2, -0.15) is 0 Å². The van der Waals surface area contributed by atoms with E-state index in [1.54, 1.807) is 0 Å². The molecule has 0 saturated heterocycles. The van der Waals surface area contributed by atoms with Gasteiger partial charge in [0.1, 0.15) is 31.3 Å². The Morgan fingerprint density at radius 2 is 0.703 bits per heavy atom. The molecule has 1 aliphatic rings. The van der Waals surface area contributed by atoms with Crippen LogP contribution in [0.25, 0.3) is 0 Å². The van der Waals surface area contributed by atoms with E-state index in [0.29, 0.717) is 0 Å². The molecule has 0 aromatic heterocycles. The zero-order valence-corrected chi connectivity index (χ0v) is 42.7. The Kier molecular flexibility index (Phi) is 12.5. The van der Waals surface area contributed by atoms with Gasteiger partial charge in [0.2, 0.25) is 0 Å². The molecule has 0 N–H and O–H groups in total. The third-order valence-electron chi connectivity index (χ3n) is 6.05. The Bertz CT molecular complexity index is 1110. The number of benzene rings is 2. The van der Waals surface area contributed by atoms with Crippen LogP contribution in [0.2, 0.25) is 0 Å². The summed E-state index contributed by atoms with van der Waals surface area (Å²) in [6, 6.07) is 20.3. The van der Waals surface area contributed by atoms with Gasteiger partial charge in [-0.05, 0) is 11.1 Å². The standard InChI is InChI=1S/C21H10Br16/c22-13(11-7-3-1-4-8-11,14(23,24)12-9-5-2-6-10-12)16(26,27)15(25)17(28,29)19(32,33)21(36,37)20(34,35)18(15,30)31/h1-10H. The highest BCUT2D eigenvalue weighted by atomic mass is 79.9. The molecule has 1 fully saturated rings. The lowest BCUT2D eigenvalue weighted by atomic mass is 9.76. The zero-order chi connectivity index (χ0) is 28.7. The smallest absolute Gasteiger partial charge is 0.0776 e. The topological polar surface area (TPSA) is 0 Å². The van der Waals surface area contributed by atoms with Gasteiger partial charge in [-0.1, -0.05) is 316 Å². The predicted octanol–water partition coefficient (Wildman–Crippen LogP) is 15.0. The Labute approximate surface area is 351 Å². The van der Waals surface area contributed by atoms with E-state index < -0.39 is 31.3 Å². The second-order valence-corrected chi connectivity index (χ2v) is 34.6. The first-order chi connectivity index (χ1) is 16.5. The molecule has 0 bridgehead atoms. The highest BCUT2D eigenvalue weighted by molar-refractivity contribution is 9.36. The fraction of sp³-hybridized carbons (Fsp3) is 0.429. The van der Waals surface area contributed by atoms with Crippen LogP contribution in [0.5, 0.6) is 0 Å². The molecule has 2 aromatic rings. The fourth-order valence-corrected chi connectivity index (χ4v) is 25.3. The average molecular weight is 1540 g/mol. The summed E-state index contributed by atoms with van der Waals surface area (Å²) in [6.45, 7) is 0. The molecule has 206 valence electrons. The molecule has 0 amide bonds. The maximum absolute atomic E-state index is 4.27. The Hall–Kier alpha value is 6.12. The van der Waals surface area contributed by atoms with Gasteiger partial charge < -0.3 is 0 Å². The normalized spacial score (nSPS) is 25.2. The van der Waals surface area contributed by atoms with Crippen molar-refractivity contribution in [2.45, 2.75) is 31.3 Å². The molecule has 0 heterocycles. The molecule has 1 aliphatic carbocycles. The van der Waals surface area contributed by atoms with Gasteiger partial charge >= 0.3 is 0 Å². The molecular weight excluding hydrogens is 1530 g/mol. The van der Waals surface area contributed by atoms with Crippen molar-refractivity contribution in [2.75, 3.05) is 0 Å². The minimum atomic E-state index is -1.08. The minimum absolute atomic E-state index is 0.866. The molecule has 0 nitrogen and oxygen atoms in total. The first-order valence-corrected chi connectivity index (χ1v) is 22.3. The van der Waals surface area contributed by atoms with E-state index in [1.807, 2.05) is 36.4 Å². The number of hydrogen-bond donors (Lipinski definition) is 0. The lowest BCUT2D eigenvalue weighted by Crippen LogP contribution is -2.84. The van der Waals surface area contributed by atoms with Gasteiger partial charge in [0, 0.05) is 0 Å². The average Bonchev–Trinajstić information content (AvgIpc) is 2.82. The summed E-state index contributed by atoms with van der Waals surface area (Å²) in [5, 5.41) is 0. The van der Waals surface area contributed by atoms with E-state index in [9.17, 15) is 0 Å². The summed E-state index contributed by atoms with van der Waals surface area (Å²) < 4.78 is -8.71. The van der Waals surface area contributed by atoms with Gasteiger partial charge in [-0.3, -0.25) is 0 Å². The quantitative estimate of drug-likeness (QED) is 0.262. The van der Waals surface area contributed by atoms with E-state index in [0.717, 1.165) is 11.1 Å². The van der Waals surface area contributed by atoms with Crippen molar-refractivity contribution >= 4 is 255 Å². The van der Waals surface area contributed by atoms with Crippen molar-refractivity contribution in [3.05, 3.63) is 71.8 Å². The van der Waals surface area contributed by atoms with Crippen LogP contribution >= 0.6 is 255 Å². The highest BCUT2D eigenvalue weighted by Gasteiger charge is 2.90. The van der Waals surface area contributed by atoms with Gasteiger partial charge in [0.15, 0.2) is 0 Å². The van der Waals surface area contributed by atoms with E-state index >= 15 is 0 Å². The van der Waals surface area contributed by atoms with Crippen LogP contribution in [0.3, 0.4) is 0 Å².